The number of rotatable bonds is 2. The van der Waals surface area contributed by atoms with Crippen LogP contribution in [0.5, 0.6) is 5.88 Å². The maximum absolute atomic E-state index is 13.0. The highest BCUT2D eigenvalue weighted by molar-refractivity contribution is 7.98. The standard InChI is InChI=1S/C17H17N5O3S/c1-26(2,24)22-6-5-11-9-12(3-4-13(11)22)21-7-8-25-16-14(17(21)23)15(18)19-10-20-16/h3-6,9-10H,1,7-8H2,2H3,(H2,18,19,20). The Morgan fingerprint density at radius 2 is 2.12 bits per heavy atom. The molecule has 0 spiro atoms. The first-order valence-corrected chi connectivity index (χ1v) is 9.94. The molecule has 1 unspecified atom stereocenters. The number of carbonyl (C=O) groups excluding carboxylic acids is 1. The summed E-state index contributed by atoms with van der Waals surface area (Å²) in [4.78, 5) is 22.4. The molecule has 9 heteroatoms. The lowest BCUT2D eigenvalue weighted by molar-refractivity contribution is 0.0990. The van der Waals surface area contributed by atoms with Gasteiger partial charge in [0, 0.05) is 33.2 Å². The minimum atomic E-state index is -2.40. The SMILES string of the molecule is C=S(C)(=O)n1ccc2cc(N3CCOc4ncnc(N)c4C3=O)ccc21. The Labute approximate surface area is 150 Å². The molecule has 0 radical (unpaired) electrons. The van der Waals surface area contributed by atoms with Crippen LogP contribution in [-0.4, -0.2) is 49.3 Å². The number of hydrogen-bond donors (Lipinski definition) is 1. The van der Waals surface area contributed by atoms with Crippen LogP contribution in [0.2, 0.25) is 0 Å². The molecule has 0 aliphatic carbocycles. The minimum absolute atomic E-state index is 0.0851. The molecule has 1 aliphatic rings. The lowest BCUT2D eigenvalue weighted by Crippen LogP contribution is -2.32. The molecule has 1 aliphatic heterocycles. The maximum atomic E-state index is 13.0. The molecule has 2 aromatic heterocycles. The topological polar surface area (TPSA) is 103 Å². The van der Waals surface area contributed by atoms with E-state index in [2.05, 4.69) is 15.8 Å². The van der Waals surface area contributed by atoms with E-state index in [0.29, 0.717) is 12.2 Å². The van der Waals surface area contributed by atoms with E-state index in [0.717, 1.165) is 10.9 Å². The van der Waals surface area contributed by atoms with Crippen molar-refractivity contribution in [3.63, 3.8) is 0 Å². The van der Waals surface area contributed by atoms with Crippen molar-refractivity contribution in [3.8, 4) is 5.88 Å². The first-order chi connectivity index (χ1) is 12.4. The molecule has 134 valence electrons. The van der Waals surface area contributed by atoms with Gasteiger partial charge in [-0.05, 0) is 30.1 Å². The zero-order valence-corrected chi connectivity index (χ0v) is 14.9. The van der Waals surface area contributed by atoms with Crippen LogP contribution in [0.3, 0.4) is 0 Å². The van der Waals surface area contributed by atoms with Crippen molar-refractivity contribution in [3.05, 3.63) is 42.4 Å². The van der Waals surface area contributed by atoms with Crippen molar-refractivity contribution in [1.82, 2.24) is 13.9 Å². The number of ether oxygens (including phenoxy) is 1. The number of carbonyl (C=O) groups is 1. The van der Waals surface area contributed by atoms with Gasteiger partial charge in [0.2, 0.25) is 5.88 Å². The number of nitrogens with zero attached hydrogens (tertiary/aromatic N) is 4. The van der Waals surface area contributed by atoms with Gasteiger partial charge in [-0.15, -0.1) is 0 Å². The molecule has 26 heavy (non-hydrogen) atoms. The predicted molar refractivity (Wildman–Crippen MR) is 102 cm³/mol. The molecule has 1 atom stereocenters. The van der Waals surface area contributed by atoms with Gasteiger partial charge in [-0.25, -0.2) is 14.2 Å². The number of aromatic nitrogens is 3. The van der Waals surface area contributed by atoms with Gasteiger partial charge in [0.15, 0.2) is 0 Å². The number of fused-ring (bicyclic) bond motifs is 2. The first-order valence-electron chi connectivity index (χ1n) is 7.85. The van der Waals surface area contributed by atoms with E-state index in [1.54, 1.807) is 27.4 Å². The highest BCUT2D eigenvalue weighted by Crippen LogP contribution is 2.29. The summed E-state index contributed by atoms with van der Waals surface area (Å²) in [5.41, 5.74) is 7.50. The van der Waals surface area contributed by atoms with Crippen molar-refractivity contribution < 1.29 is 13.7 Å². The van der Waals surface area contributed by atoms with Crippen molar-refractivity contribution in [2.24, 2.45) is 0 Å². The quantitative estimate of drug-likeness (QED) is 0.678. The molecule has 3 heterocycles. The van der Waals surface area contributed by atoms with Crippen LogP contribution in [0.25, 0.3) is 10.9 Å². The Hall–Kier alpha value is -3.07. The molecular weight excluding hydrogens is 354 g/mol. The fourth-order valence-electron chi connectivity index (χ4n) is 3.02. The molecule has 0 fully saturated rings. The molecule has 0 saturated carbocycles. The summed E-state index contributed by atoms with van der Waals surface area (Å²) in [5.74, 6) is 3.68. The van der Waals surface area contributed by atoms with E-state index in [9.17, 15) is 9.00 Å². The van der Waals surface area contributed by atoms with Crippen molar-refractivity contribution in [2.75, 3.05) is 30.0 Å². The molecule has 0 bridgehead atoms. The van der Waals surface area contributed by atoms with Gasteiger partial charge in [0.1, 0.15) is 24.3 Å². The molecule has 4 rings (SSSR count). The van der Waals surface area contributed by atoms with E-state index in [1.807, 2.05) is 18.2 Å². The number of hydrogen-bond acceptors (Lipinski definition) is 6. The molecular formula is C17H17N5O3S. The van der Waals surface area contributed by atoms with Crippen LogP contribution in [0, 0.1) is 0 Å². The second-order valence-corrected chi connectivity index (χ2v) is 8.40. The Balaban J connectivity index is 1.80. The summed E-state index contributed by atoms with van der Waals surface area (Å²) in [6.07, 6.45) is 4.58. The number of amides is 1. The number of nitrogen functional groups attached to an aromatic ring is 1. The normalized spacial score (nSPS) is 16.7. The third-order valence-corrected chi connectivity index (χ3v) is 5.37. The van der Waals surface area contributed by atoms with Gasteiger partial charge in [-0.1, -0.05) is 0 Å². The average Bonchev–Trinajstić information content (AvgIpc) is 2.94. The first kappa shape index (κ1) is 16.4. The van der Waals surface area contributed by atoms with Crippen molar-refractivity contribution in [2.45, 2.75) is 0 Å². The zero-order valence-electron chi connectivity index (χ0n) is 14.1. The summed E-state index contributed by atoms with van der Waals surface area (Å²) in [6, 6.07) is 7.33. The Morgan fingerprint density at radius 1 is 1.31 bits per heavy atom. The summed E-state index contributed by atoms with van der Waals surface area (Å²) >= 11 is 0. The number of anilines is 2. The highest BCUT2D eigenvalue weighted by Gasteiger charge is 2.28. The summed E-state index contributed by atoms with van der Waals surface area (Å²) in [5, 5.41) is 0.858. The third kappa shape index (κ3) is 2.57. The molecule has 1 aromatic carbocycles. The molecule has 1 amide bonds. The van der Waals surface area contributed by atoms with E-state index in [-0.39, 0.29) is 29.8 Å². The van der Waals surface area contributed by atoms with Crippen LogP contribution in [0.1, 0.15) is 10.4 Å². The van der Waals surface area contributed by atoms with Crippen LogP contribution in [0.15, 0.2) is 36.8 Å². The Morgan fingerprint density at radius 3 is 2.88 bits per heavy atom. The second kappa shape index (κ2) is 5.73. The van der Waals surface area contributed by atoms with Gasteiger partial charge in [0.05, 0.1) is 12.1 Å². The Bertz CT molecular complexity index is 1140. The summed E-state index contributed by atoms with van der Waals surface area (Å²) in [6.45, 7) is 0.636. The molecule has 2 N–H and O–H groups in total. The molecule has 0 saturated heterocycles. The van der Waals surface area contributed by atoms with E-state index >= 15 is 0 Å². The van der Waals surface area contributed by atoms with Gasteiger partial charge >= 0.3 is 0 Å². The molecule has 3 aromatic rings. The van der Waals surface area contributed by atoms with Gasteiger partial charge in [0.25, 0.3) is 5.91 Å². The van der Waals surface area contributed by atoms with Crippen molar-refractivity contribution >= 4 is 43.9 Å². The third-order valence-electron chi connectivity index (χ3n) is 4.22. The average molecular weight is 371 g/mol. The Kier molecular flexibility index (Phi) is 3.62. The van der Waals surface area contributed by atoms with Gasteiger partial charge in [-0.2, -0.15) is 0 Å². The van der Waals surface area contributed by atoms with E-state index in [1.165, 1.54) is 6.33 Å². The zero-order chi connectivity index (χ0) is 18.5. The fraction of sp³-hybridized carbons (Fsp3) is 0.176. The van der Waals surface area contributed by atoms with Crippen LogP contribution in [-0.2, 0) is 9.71 Å². The predicted octanol–water partition coefficient (Wildman–Crippen LogP) is 1.16. The fourth-order valence-corrected chi connectivity index (χ4v) is 3.92. The number of benzene rings is 1. The minimum Gasteiger partial charge on any atom is -0.475 e. The monoisotopic (exact) mass is 371 g/mol. The summed E-state index contributed by atoms with van der Waals surface area (Å²) in [7, 11) is -2.40. The van der Waals surface area contributed by atoms with Crippen LogP contribution >= 0.6 is 0 Å². The van der Waals surface area contributed by atoms with E-state index < -0.39 is 9.71 Å². The maximum Gasteiger partial charge on any atom is 0.267 e. The van der Waals surface area contributed by atoms with Crippen LogP contribution in [0.4, 0.5) is 11.5 Å². The lowest BCUT2D eigenvalue weighted by atomic mass is 10.2. The number of nitrogens with two attached hydrogens (primary N) is 1. The van der Waals surface area contributed by atoms with Crippen LogP contribution < -0.4 is 15.4 Å². The lowest BCUT2D eigenvalue weighted by Gasteiger charge is -2.20. The summed E-state index contributed by atoms with van der Waals surface area (Å²) < 4.78 is 19.4. The smallest absolute Gasteiger partial charge is 0.267 e. The van der Waals surface area contributed by atoms with Gasteiger partial charge in [-0.3, -0.25) is 8.77 Å². The largest absolute Gasteiger partial charge is 0.475 e. The molecule has 8 nitrogen and oxygen atoms in total. The van der Waals surface area contributed by atoms with Crippen molar-refractivity contribution in [1.29, 1.82) is 0 Å². The highest BCUT2D eigenvalue weighted by atomic mass is 32.2. The van der Waals surface area contributed by atoms with Gasteiger partial charge < -0.3 is 15.4 Å². The van der Waals surface area contributed by atoms with E-state index in [4.69, 9.17) is 10.5 Å². The second-order valence-electron chi connectivity index (χ2n) is 6.09.